The summed E-state index contributed by atoms with van der Waals surface area (Å²) in [4.78, 5) is 0. The van der Waals surface area contributed by atoms with Crippen LogP contribution in [-0.2, 0) is 12.3 Å². The maximum atomic E-state index is 5.01. The second kappa shape index (κ2) is 5.75. The first kappa shape index (κ1) is 11.4. The van der Waals surface area contributed by atoms with Crippen LogP contribution >= 0.6 is 37.2 Å². The van der Waals surface area contributed by atoms with Gasteiger partial charge in [0.2, 0.25) is 0 Å². The Morgan fingerprint density at radius 3 is 0.857 bits per heavy atom. The van der Waals surface area contributed by atoms with Gasteiger partial charge in [0.05, 0.1) is 0 Å². The Bertz CT molecular complexity index is 33.4. The van der Waals surface area contributed by atoms with Crippen LogP contribution in [0.3, 0.4) is 0 Å². The van der Waals surface area contributed by atoms with Crippen molar-refractivity contribution >= 4 is 37.2 Å². The van der Waals surface area contributed by atoms with Gasteiger partial charge < -0.3 is 0 Å². The Labute approximate surface area is 62.3 Å². The van der Waals surface area contributed by atoms with Crippen LogP contribution in [0.1, 0.15) is 0 Å². The molecule has 0 saturated carbocycles. The van der Waals surface area contributed by atoms with Crippen LogP contribution < -0.4 is 0 Å². The molecule has 0 spiro atoms. The first-order chi connectivity index (χ1) is 3.00. The standard InChI is InChI=1S/C2H4.4ClH.Ti/c1-2;;;;;/h1-2H2;4*1H;/q;;;;;+4/p-4. The summed E-state index contributed by atoms with van der Waals surface area (Å²) in [5.41, 5.74) is 0. The third-order valence-electron chi connectivity index (χ3n) is 0. The summed E-state index contributed by atoms with van der Waals surface area (Å²) < 4.78 is 0. The number of halogens is 4. The molecule has 0 saturated heterocycles. The van der Waals surface area contributed by atoms with E-state index < -0.39 is 12.3 Å². The topological polar surface area (TPSA) is 0 Å². The van der Waals surface area contributed by atoms with Crippen molar-refractivity contribution in [3.05, 3.63) is 13.2 Å². The molecule has 0 radical (unpaired) electrons. The second-order valence-corrected chi connectivity index (χ2v) is 15.9. The van der Waals surface area contributed by atoms with Crippen LogP contribution in [0.15, 0.2) is 13.2 Å². The predicted molar refractivity (Wildman–Crippen MR) is 34.7 cm³/mol. The number of rotatable bonds is 0. The van der Waals surface area contributed by atoms with Crippen LogP contribution in [0, 0.1) is 0 Å². The molecule has 0 atom stereocenters. The van der Waals surface area contributed by atoms with E-state index in [2.05, 4.69) is 13.2 Å². The van der Waals surface area contributed by atoms with Crippen LogP contribution in [0.2, 0.25) is 0 Å². The quantitative estimate of drug-likeness (QED) is 0.430. The molecule has 0 aliphatic heterocycles. The van der Waals surface area contributed by atoms with Crippen LogP contribution in [0.4, 0.5) is 0 Å². The van der Waals surface area contributed by atoms with Gasteiger partial charge in [0, 0.05) is 0 Å². The molecule has 0 aromatic rings. The molecule has 0 unspecified atom stereocenters. The molecule has 0 fully saturated rings. The molecule has 7 heavy (non-hydrogen) atoms. The molecule has 0 N–H and O–H groups in total. The Morgan fingerprint density at radius 2 is 0.857 bits per heavy atom. The van der Waals surface area contributed by atoms with Gasteiger partial charge in [-0.25, -0.2) is 0 Å². The van der Waals surface area contributed by atoms with E-state index in [-0.39, 0.29) is 0 Å². The molecule has 0 amide bonds. The zero-order valence-corrected chi connectivity index (χ0v) is 8.01. The van der Waals surface area contributed by atoms with E-state index >= 15 is 0 Å². The fourth-order valence-corrected chi connectivity index (χ4v) is 0. The maximum absolute atomic E-state index is 5.01. The van der Waals surface area contributed by atoms with Crippen molar-refractivity contribution in [2.45, 2.75) is 0 Å². The molecule has 0 aromatic heterocycles. The van der Waals surface area contributed by atoms with E-state index in [9.17, 15) is 0 Å². The zero-order chi connectivity index (χ0) is 6.50. The summed E-state index contributed by atoms with van der Waals surface area (Å²) in [6.45, 7) is 6.00. The SMILES string of the molecule is C=C.[Cl][Ti]([Cl])([Cl])[Cl]. The van der Waals surface area contributed by atoms with Gasteiger partial charge in [0.25, 0.3) is 0 Å². The Morgan fingerprint density at radius 1 is 0.857 bits per heavy atom. The van der Waals surface area contributed by atoms with Crippen molar-refractivity contribution in [1.82, 2.24) is 0 Å². The van der Waals surface area contributed by atoms with Crippen LogP contribution in [0.5, 0.6) is 0 Å². The van der Waals surface area contributed by atoms with Gasteiger partial charge >= 0.3 is 49.6 Å². The molecule has 0 aliphatic carbocycles. The molecule has 0 rings (SSSR count). The minimum atomic E-state index is -3.11. The van der Waals surface area contributed by atoms with Crippen LogP contribution in [0.25, 0.3) is 0 Å². The average Bonchev–Trinajstić information content (AvgIpc) is 1.36. The molecule has 0 aliphatic rings. The van der Waals surface area contributed by atoms with Crippen molar-refractivity contribution in [1.29, 1.82) is 0 Å². The minimum absolute atomic E-state index is 3.00. The number of hydrogen-bond donors (Lipinski definition) is 0. The molecular weight excluding hydrogens is 214 g/mol. The van der Waals surface area contributed by atoms with Crippen LogP contribution in [-0.4, -0.2) is 0 Å². The van der Waals surface area contributed by atoms with Gasteiger partial charge in [-0.2, -0.15) is 0 Å². The molecule has 0 aromatic carbocycles. The van der Waals surface area contributed by atoms with Gasteiger partial charge in [-0.1, -0.05) is 0 Å². The van der Waals surface area contributed by atoms with Gasteiger partial charge in [-0.15, -0.1) is 13.2 Å². The molecular formula is C2H4Cl4Ti. The summed E-state index contributed by atoms with van der Waals surface area (Å²) in [5, 5.41) is 0. The molecule has 0 nitrogen and oxygen atoms in total. The fourth-order valence-electron chi connectivity index (χ4n) is 0. The average molecular weight is 218 g/mol. The van der Waals surface area contributed by atoms with Crippen molar-refractivity contribution < 1.29 is 12.3 Å². The zero-order valence-electron chi connectivity index (χ0n) is 3.43. The fraction of sp³-hybridized carbons (Fsp3) is 0. The van der Waals surface area contributed by atoms with E-state index in [1.165, 1.54) is 0 Å². The molecule has 44 valence electrons. The second-order valence-electron chi connectivity index (χ2n) is 0.429. The summed E-state index contributed by atoms with van der Waals surface area (Å²) in [5.74, 6) is 0. The van der Waals surface area contributed by atoms with Crippen molar-refractivity contribution in [3.63, 3.8) is 0 Å². The van der Waals surface area contributed by atoms with Gasteiger partial charge in [0.1, 0.15) is 0 Å². The third kappa shape index (κ3) is 92.1. The van der Waals surface area contributed by atoms with E-state index in [1.54, 1.807) is 0 Å². The van der Waals surface area contributed by atoms with Crippen molar-refractivity contribution in [2.24, 2.45) is 0 Å². The third-order valence-corrected chi connectivity index (χ3v) is 0. The normalized spacial score (nSPS) is 9.14. The molecule has 5 heteroatoms. The van der Waals surface area contributed by atoms with E-state index in [0.717, 1.165) is 0 Å². The predicted octanol–water partition coefficient (Wildman–Crippen LogP) is 3.56. The van der Waals surface area contributed by atoms with Crippen molar-refractivity contribution in [3.8, 4) is 0 Å². The van der Waals surface area contributed by atoms with Gasteiger partial charge in [-0.05, 0) is 0 Å². The summed E-state index contributed by atoms with van der Waals surface area (Å²) in [6.07, 6.45) is 0. The monoisotopic (exact) mass is 216 g/mol. The Kier molecular flexibility index (Phi) is 9.37. The van der Waals surface area contributed by atoms with Crippen molar-refractivity contribution in [2.75, 3.05) is 0 Å². The van der Waals surface area contributed by atoms with E-state index in [1.807, 2.05) is 0 Å². The van der Waals surface area contributed by atoms with Gasteiger partial charge in [0.15, 0.2) is 0 Å². The molecule has 0 bridgehead atoms. The Balaban J connectivity index is 0. The first-order valence-electron chi connectivity index (χ1n) is 1.26. The Hall–Kier alpha value is 1.61. The van der Waals surface area contributed by atoms with E-state index in [4.69, 9.17) is 37.2 Å². The number of hydrogen-bond acceptors (Lipinski definition) is 0. The summed E-state index contributed by atoms with van der Waals surface area (Å²) >= 11 is -3.11. The van der Waals surface area contributed by atoms with E-state index in [0.29, 0.717) is 0 Å². The molecule has 0 heterocycles. The summed E-state index contributed by atoms with van der Waals surface area (Å²) in [7, 11) is 20.1. The van der Waals surface area contributed by atoms with Gasteiger partial charge in [-0.3, -0.25) is 0 Å². The first-order valence-corrected chi connectivity index (χ1v) is 9.85. The summed E-state index contributed by atoms with van der Waals surface area (Å²) in [6, 6.07) is 0.